The van der Waals surface area contributed by atoms with E-state index < -0.39 is 21.7 Å². The van der Waals surface area contributed by atoms with Crippen LogP contribution < -0.4 is 10.0 Å². The Morgan fingerprint density at radius 2 is 1.78 bits per heavy atom. The molecule has 0 aliphatic rings. The lowest BCUT2D eigenvalue weighted by Crippen LogP contribution is -2.31. The standard InChI is InChI=1S/C15H14ClFN2O3S/c16-12-7-4-8-13(17)14(12)15(20)18-9-10-23(21,22)19-11-5-2-1-3-6-11/h1-8,19H,9-10H2,(H,18,20). The first-order valence-corrected chi connectivity index (χ1v) is 8.70. The minimum absolute atomic E-state index is 0.0345. The van der Waals surface area contributed by atoms with Crippen molar-refractivity contribution in [2.75, 3.05) is 17.0 Å². The van der Waals surface area contributed by atoms with E-state index in [1.807, 2.05) is 0 Å². The van der Waals surface area contributed by atoms with Crippen molar-refractivity contribution >= 4 is 33.2 Å². The molecule has 2 N–H and O–H groups in total. The van der Waals surface area contributed by atoms with Gasteiger partial charge in [0.2, 0.25) is 10.0 Å². The van der Waals surface area contributed by atoms with Gasteiger partial charge in [0.1, 0.15) is 5.82 Å². The van der Waals surface area contributed by atoms with E-state index in [1.54, 1.807) is 30.3 Å². The minimum atomic E-state index is -3.62. The van der Waals surface area contributed by atoms with Crippen LogP contribution in [-0.4, -0.2) is 26.6 Å². The average molecular weight is 357 g/mol. The molecule has 0 atom stereocenters. The first kappa shape index (κ1) is 17.2. The SMILES string of the molecule is O=C(NCCS(=O)(=O)Nc1ccccc1)c1c(F)cccc1Cl. The van der Waals surface area contributed by atoms with Crippen LogP contribution in [0.15, 0.2) is 48.5 Å². The zero-order valence-corrected chi connectivity index (χ0v) is 13.5. The third kappa shape index (κ3) is 4.94. The Morgan fingerprint density at radius 1 is 1.09 bits per heavy atom. The van der Waals surface area contributed by atoms with Gasteiger partial charge in [-0.15, -0.1) is 0 Å². The summed E-state index contributed by atoms with van der Waals surface area (Å²) in [7, 11) is -3.62. The number of hydrogen-bond donors (Lipinski definition) is 2. The summed E-state index contributed by atoms with van der Waals surface area (Å²) in [5, 5.41) is 2.31. The third-order valence-corrected chi connectivity index (χ3v) is 4.50. The number of carbonyl (C=O) groups excluding carboxylic acids is 1. The van der Waals surface area contributed by atoms with Gasteiger partial charge in [0, 0.05) is 12.2 Å². The molecule has 0 aliphatic heterocycles. The second-order valence-corrected chi connectivity index (χ2v) is 6.89. The second kappa shape index (κ2) is 7.43. The zero-order valence-electron chi connectivity index (χ0n) is 11.9. The Morgan fingerprint density at radius 3 is 2.43 bits per heavy atom. The molecule has 0 bridgehead atoms. The molecule has 0 spiro atoms. The third-order valence-electron chi connectivity index (χ3n) is 2.89. The molecular weight excluding hydrogens is 343 g/mol. The summed E-state index contributed by atoms with van der Waals surface area (Å²) in [6.07, 6.45) is 0. The number of carbonyl (C=O) groups is 1. The minimum Gasteiger partial charge on any atom is -0.351 e. The molecular formula is C15H14ClFN2O3S. The molecule has 0 fully saturated rings. The van der Waals surface area contributed by atoms with E-state index >= 15 is 0 Å². The summed E-state index contributed by atoms with van der Waals surface area (Å²) in [6, 6.07) is 12.2. The summed E-state index contributed by atoms with van der Waals surface area (Å²) in [5.74, 6) is -1.87. The summed E-state index contributed by atoms with van der Waals surface area (Å²) < 4.78 is 39.7. The molecule has 23 heavy (non-hydrogen) atoms. The van der Waals surface area contributed by atoms with Gasteiger partial charge in [-0.25, -0.2) is 12.8 Å². The van der Waals surface area contributed by atoms with Gasteiger partial charge in [0.15, 0.2) is 0 Å². The Hall–Kier alpha value is -2.12. The Bertz CT molecular complexity index is 777. The summed E-state index contributed by atoms with van der Waals surface area (Å²) in [4.78, 5) is 11.9. The van der Waals surface area contributed by atoms with Crippen molar-refractivity contribution in [3.8, 4) is 0 Å². The maximum atomic E-state index is 13.6. The molecule has 2 aromatic carbocycles. The van der Waals surface area contributed by atoms with Crippen LogP contribution in [0.5, 0.6) is 0 Å². The van der Waals surface area contributed by atoms with Gasteiger partial charge < -0.3 is 5.32 Å². The van der Waals surface area contributed by atoms with Crippen molar-refractivity contribution in [1.82, 2.24) is 5.32 Å². The van der Waals surface area contributed by atoms with E-state index in [2.05, 4.69) is 10.0 Å². The molecule has 0 heterocycles. The van der Waals surface area contributed by atoms with Gasteiger partial charge in [-0.1, -0.05) is 35.9 Å². The van der Waals surface area contributed by atoms with Crippen molar-refractivity contribution in [2.45, 2.75) is 0 Å². The molecule has 0 aromatic heterocycles. The topological polar surface area (TPSA) is 75.3 Å². The van der Waals surface area contributed by atoms with Crippen molar-refractivity contribution in [3.05, 3.63) is 64.9 Å². The van der Waals surface area contributed by atoms with Crippen LogP contribution in [0.1, 0.15) is 10.4 Å². The molecule has 0 radical (unpaired) electrons. The number of halogens is 2. The van der Waals surface area contributed by atoms with Crippen LogP contribution >= 0.6 is 11.6 Å². The average Bonchev–Trinajstić information content (AvgIpc) is 2.47. The van der Waals surface area contributed by atoms with Gasteiger partial charge in [-0.05, 0) is 24.3 Å². The first-order chi connectivity index (χ1) is 10.9. The maximum Gasteiger partial charge on any atom is 0.255 e. The van der Waals surface area contributed by atoms with Gasteiger partial charge in [-0.2, -0.15) is 0 Å². The lowest BCUT2D eigenvalue weighted by molar-refractivity contribution is 0.0952. The zero-order chi connectivity index (χ0) is 16.9. The lowest BCUT2D eigenvalue weighted by atomic mass is 10.2. The van der Waals surface area contributed by atoms with Crippen LogP contribution in [0.25, 0.3) is 0 Å². The van der Waals surface area contributed by atoms with Crippen molar-refractivity contribution in [3.63, 3.8) is 0 Å². The number of nitrogens with one attached hydrogen (secondary N) is 2. The fourth-order valence-electron chi connectivity index (χ4n) is 1.84. The fourth-order valence-corrected chi connectivity index (χ4v) is 3.06. The van der Waals surface area contributed by atoms with Crippen LogP contribution in [0.4, 0.5) is 10.1 Å². The Kier molecular flexibility index (Phi) is 5.57. The molecule has 122 valence electrons. The molecule has 0 unspecified atom stereocenters. The number of para-hydroxylation sites is 1. The highest BCUT2D eigenvalue weighted by Gasteiger charge is 2.17. The number of amides is 1. The largest absolute Gasteiger partial charge is 0.351 e. The van der Waals surface area contributed by atoms with Gasteiger partial charge in [0.25, 0.3) is 5.91 Å². The highest BCUT2D eigenvalue weighted by molar-refractivity contribution is 7.92. The van der Waals surface area contributed by atoms with Crippen LogP contribution in [-0.2, 0) is 10.0 Å². The predicted octanol–water partition coefficient (Wildman–Crippen LogP) is 2.65. The molecule has 0 aliphatic carbocycles. The number of rotatable bonds is 6. The monoisotopic (exact) mass is 356 g/mol. The number of hydrogen-bond acceptors (Lipinski definition) is 3. The molecule has 0 saturated carbocycles. The van der Waals surface area contributed by atoms with E-state index in [4.69, 9.17) is 11.6 Å². The van der Waals surface area contributed by atoms with E-state index in [0.29, 0.717) is 5.69 Å². The normalized spacial score (nSPS) is 11.0. The van der Waals surface area contributed by atoms with Gasteiger partial charge >= 0.3 is 0 Å². The van der Waals surface area contributed by atoms with Crippen molar-refractivity contribution in [1.29, 1.82) is 0 Å². The number of anilines is 1. The Labute approximate surface area is 138 Å². The molecule has 0 saturated heterocycles. The lowest BCUT2D eigenvalue weighted by Gasteiger charge is -2.10. The molecule has 2 aromatic rings. The van der Waals surface area contributed by atoms with Crippen molar-refractivity contribution < 1.29 is 17.6 Å². The molecule has 2 rings (SSSR count). The highest BCUT2D eigenvalue weighted by atomic mass is 35.5. The second-order valence-electron chi connectivity index (χ2n) is 4.64. The predicted molar refractivity (Wildman–Crippen MR) is 87.6 cm³/mol. The molecule has 8 heteroatoms. The van der Waals surface area contributed by atoms with Crippen LogP contribution in [0.2, 0.25) is 5.02 Å². The van der Waals surface area contributed by atoms with E-state index in [0.717, 1.165) is 6.07 Å². The van der Waals surface area contributed by atoms with Crippen LogP contribution in [0, 0.1) is 5.82 Å². The van der Waals surface area contributed by atoms with E-state index in [-0.39, 0.29) is 22.9 Å². The van der Waals surface area contributed by atoms with E-state index in [1.165, 1.54) is 12.1 Å². The van der Waals surface area contributed by atoms with Crippen LogP contribution in [0.3, 0.4) is 0 Å². The number of benzene rings is 2. The van der Waals surface area contributed by atoms with Gasteiger partial charge in [-0.3, -0.25) is 9.52 Å². The maximum absolute atomic E-state index is 13.6. The first-order valence-electron chi connectivity index (χ1n) is 6.67. The smallest absolute Gasteiger partial charge is 0.255 e. The quantitative estimate of drug-likeness (QED) is 0.835. The van der Waals surface area contributed by atoms with Crippen molar-refractivity contribution in [2.24, 2.45) is 0 Å². The summed E-state index contributed by atoms with van der Waals surface area (Å²) in [5.41, 5.74) is 0.124. The molecule has 5 nitrogen and oxygen atoms in total. The fraction of sp³-hybridized carbons (Fsp3) is 0.133. The summed E-state index contributed by atoms with van der Waals surface area (Å²) >= 11 is 5.77. The number of sulfonamides is 1. The summed E-state index contributed by atoms with van der Waals surface area (Å²) in [6.45, 7) is -0.175. The van der Waals surface area contributed by atoms with Gasteiger partial charge in [0.05, 0.1) is 16.3 Å². The Balaban J connectivity index is 1.93. The van der Waals surface area contributed by atoms with E-state index in [9.17, 15) is 17.6 Å². The molecule has 1 amide bonds. The highest BCUT2D eigenvalue weighted by Crippen LogP contribution is 2.18.